The third-order valence-electron chi connectivity index (χ3n) is 7.96. The van der Waals surface area contributed by atoms with Gasteiger partial charge in [0, 0.05) is 63.6 Å². The van der Waals surface area contributed by atoms with Gasteiger partial charge in [0.1, 0.15) is 0 Å². The van der Waals surface area contributed by atoms with Gasteiger partial charge in [0.25, 0.3) is 0 Å². The number of hydrogen-bond donors (Lipinski definition) is 1. The number of aryl methyl sites for hydroxylation is 1. The monoisotopic (exact) mass is 468 g/mol. The van der Waals surface area contributed by atoms with Gasteiger partial charge in [0.15, 0.2) is 0 Å². The molecule has 184 valence electrons. The number of benzene rings is 3. The van der Waals surface area contributed by atoms with Crippen LogP contribution < -0.4 is 10.2 Å². The molecule has 2 fully saturated rings. The minimum Gasteiger partial charge on any atom is -0.368 e. The van der Waals surface area contributed by atoms with E-state index in [-0.39, 0.29) is 0 Å². The van der Waals surface area contributed by atoms with Crippen molar-refractivity contribution in [1.82, 2.24) is 15.1 Å². The summed E-state index contributed by atoms with van der Waals surface area (Å²) >= 11 is 0. The predicted octanol–water partition coefficient (Wildman–Crippen LogP) is 4.96. The Hall–Kier alpha value is -2.66. The van der Waals surface area contributed by atoms with Crippen LogP contribution in [0.4, 0.5) is 5.69 Å². The molecule has 1 N–H and O–H groups in total. The first-order valence-electron chi connectivity index (χ1n) is 13.4. The van der Waals surface area contributed by atoms with Crippen LogP contribution in [0.5, 0.6) is 0 Å². The first kappa shape index (κ1) is 24.1. The van der Waals surface area contributed by atoms with E-state index in [4.69, 9.17) is 0 Å². The summed E-state index contributed by atoms with van der Waals surface area (Å²) in [5, 5.41) is 3.88. The van der Waals surface area contributed by atoms with Gasteiger partial charge >= 0.3 is 0 Å². The second kappa shape index (κ2) is 11.4. The molecule has 35 heavy (non-hydrogen) atoms. The molecule has 0 bridgehead atoms. The second-order valence-corrected chi connectivity index (χ2v) is 10.1. The number of nitrogens with one attached hydrogen (secondary N) is 1. The van der Waals surface area contributed by atoms with Gasteiger partial charge in [0.05, 0.1) is 6.04 Å². The van der Waals surface area contributed by atoms with Crippen LogP contribution in [0.25, 0.3) is 0 Å². The molecule has 2 unspecified atom stereocenters. The van der Waals surface area contributed by atoms with Crippen LogP contribution in [-0.2, 0) is 0 Å². The fourth-order valence-electron chi connectivity index (χ4n) is 6.18. The Morgan fingerprint density at radius 2 is 1.31 bits per heavy atom. The summed E-state index contributed by atoms with van der Waals surface area (Å²) in [7, 11) is 0. The molecule has 2 aliphatic heterocycles. The largest absolute Gasteiger partial charge is 0.368 e. The van der Waals surface area contributed by atoms with Crippen LogP contribution in [0.1, 0.15) is 36.1 Å². The second-order valence-electron chi connectivity index (χ2n) is 10.1. The Kier molecular flexibility index (Phi) is 7.82. The van der Waals surface area contributed by atoms with Crippen molar-refractivity contribution in [1.29, 1.82) is 0 Å². The summed E-state index contributed by atoms with van der Waals surface area (Å²) < 4.78 is 0. The summed E-state index contributed by atoms with van der Waals surface area (Å²) in [6.07, 6.45) is 1.18. The van der Waals surface area contributed by atoms with Gasteiger partial charge in [-0.1, -0.05) is 85.8 Å². The number of nitrogens with zero attached hydrogens (tertiary/aromatic N) is 3. The van der Waals surface area contributed by atoms with Crippen LogP contribution >= 0.6 is 0 Å². The Labute approximate surface area is 211 Å². The van der Waals surface area contributed by atoms with E-state index in [9.17, 15) is 0 Å². The third kappa shape index (κ3) is 5.45. The molecule has 2 atom stereocenters. The number of para-hydroxylation sites is 1. The molecule has 2 aliphatic rings. The standard InChI is InChI=1S/C31H40N4/c1-3-29(28-24-35(19-18-32-28)30-17-11-10-12-25(30)2)33-20-22-34(23-21-33)31(26-13-6-4-7-14-26)27-15-8-5-9-16-27/h4-17,28-29,31-32H,3,18-24H2,1-2H3. The topological polar surface area (TPSA) is 21.8 Å². The van der Waals surface area contributed by atoms with Crippen molar-refractivity contribution >= 4 is 5.69 Å². The molecule has 2 saturated heterocycles. The van der Waals surface area contributed by atoms with Gasteiger partial charge in [-0.3, -0.25) is 9.80 Å². The Balaban J connectivity index is 1.27. The zero-order chi connectivity index (χ0) is 24.0. The van der Waals surface area contributed by atoms with E-state index in [1.807, 2.05) is 0 Å². The van der Waals surface area contributed by atoms with Crippen LogP contribution in [0.2, 0.25) is 0 Å². The number of rotatable bonds is 7. The quantitative estimate of drug-likeness (QED) is 0.529. The van der Waals surface area contributed by atoms with Crippen molar-refractivity contribution in [2.75, 3.05) is 50.7 Å². The maximum Gasteiger partial charge on any atom is 0.0602 e. The molecule has 0 amide bonds. The molecule has 0 radical (unpaired) electrons. The zero-order valence-corrected chi connectivity index (χ0v) is 21.3. The minimum atomic E-state index is 0.323. The molecular weight excluding hydrogens is 428 g/mol. The van der Waals surface area contributed by atoms with Crippen molar-refractivity contribution in [3.05, 3.63) is 102 Å². The first-order valence-corrected chi connectivity index (χ1v) is 13.4. The average molecular weight is 469 g/mol. The lowest BCUT2D eigenvalue weighted by molar-refractivity contribution is 0.0613. The summed E-state index contributed by atoms with van der Waals surface area (Å²) in [6.45, 7) is 12.3. The highest BCUT2D eigenvalue weighted by Gasteiger charge is 2.34. The molecule has 3 aromatic rings. The summed E-state index contributed by atoms with van der Waals surface area (Å²) in [4.78, 5) is 8.03. The number of hydrogen-bond acceptors (Lipinski definition) is 4. The van der Waals surface area contributed by atoms with Gasteiger partial charge in [-0.05, 0) is 36.1 Å². The maximum absolute atomic E-state index is 3.88. The maximum atomic E-state index is 3.88. The van der Waals surface area contributed by atoms with Crippen LogP contribution in [0.15, 0.2) is 84.9 Å². The van der Waals surface area contributed by atoms with Gasteiger partial charge in [0.2, 0.25) is 0 Å². The fraction of sp³-hybridized carbons (Fsp3) is 0.419. The van der Waals surface area contributed by atoms with Crippen molar-refractivity contribution in [3.63, 3.8) is 0 Å². The molecule has 5 rings (SSSR count). The van der Waals surface area contributed by atoms with E-state index in [0.29, 0.717) is 18.1 Å². The first-order chi connectivity index (χ1) is 17.2. The van der Waals surface area contributed by atoms with Crippen LogP contribution in [0, 0.1) is 6.92 Å². The molecule has 2 heterocycles. The van der Waals surface area contributed by atoms with E-state index in [2.05, 4.69) is 119 Å². The fourth-order valence-corrected chi connectivity index (χ4v) is 6.18. The van der Waals surface area contributed by atoms with Gasteiger partial charge in [-0.2, -0.15) is 0 Å². The van der Waals surface area contributed by atoms with Gasteiger partial charge < -0.3 is 10.2 Å². The van der Waals surface area contributed by atoms with Crippen molar-refractivity contribution in [2.45, 2.75) is 38.4 Å². The average Bonchev–Trinajstić information content (AvgIpc) is 2.92. The lowest BCUT2D eigenvalue weighted by Gasteiger charge is -2.47. The smallest absolute Gasteiger partial charge is 0.0602 e. The van der Waals surface area contributed by atoms with E-state index >= 15 is 0 Å². The molecule has 4 heteroatoms. The highest BCUT2D eigenvalue weighted by molar-refractivity contribution is 5.53. The minimum absolute atomic E-state index is 0.323. The Bertz CT molecular complexity index is 1010. The highest BCUT2D eigenvalue weighted by Crippen LogP contribution is 2.30. The van der Waals surface area contributed by atoms with Crippen LogP contribution in [-0.4, -0.2) is 67.7 Å². The molecule has 0 aromatic heterocycles. The Morgan fingerprint density at radius 1 is 0.743 bits per heavy atom. The normalized spacial score (nSPS) is 20.8. The summed E-state index contributed by atoms with van der Waals surface area (Å²) in [5.41, 5.74) is 5.55. The van der Waals surface area contributed by atoms with Crippen molar-refractivity contribution in [3.8, 4) is 0 Å². The SMILES string of the molecule is CCC(C1CN(c2ccccc2C)CCN1)N1CCN(C(c2ccccc2)c2ccccc2)CC1. The van der Waals surface area contributed by atoms with E-state index in [1.165, 1.54) is 28.8 Å². The molecule has 0 saturated carbocycles. The number of anilines is 1. The highest BCUT2D eigenvalue weighted by atomic mass is 15.3. The van der Waals surface area contributed by atoms with Crippen LogP contribution in [0.3, 0.4) is 0 Å². The van der Waals surface area contributed by atoms with E-state index in [0.717, 1.165) is 45.8 Å². The van der Waals surface area contributed by atoms with E-state index in [1.54, 1.807) is 0 Å². The lowest BCUT2D eigenvalue weighted by Crippen LogP contribution is -2.62. The molecule has 3 aromatic carbocycles. The summed E-state index contributed by atoms with van der Waals surface area (Å²) in [6, 6.07) is 32.3. The molecule has 4 nitrogen and oxygen atoms in total. The van der Waals surface area contributed by atoms with Crippen molar-refractivity contribution in [2.24, 2.45) is 0 Å². The van der Waals surface area contributed by atoms with E-state index < -0.39 is 0 Å². The molecular formula is C31H40N4. The molecule has 0 aliphatic carbocycles. The molecule has 0 spiro atoms. The lowest BCUT2D eigenvalue weighted by atomic mass is 9.95. The predicted molar refractivity (Wildman–Crippen MR) is 147 cm³/mol. The number of piperazine rings is 2. The van der Waals surface area contributed by atoms with Gasteiger partial charge in [-0.25, -0.2) is 0 Å². The zero-order valence-electron chi connectivity index (χ0n) is 21.3. The summed E-state index contributed by atoms with van der Waals surface area (Å²) in [5.74, 6) is 0. The van der Waals surface area contributed by atoms with Crippen molar-refractivity contribution < 1.29 is 0 Å². The Morgan fingerprint density at radius 3 is 1.91 bits per heavy atom. The van der Waals surface area contributed by atoms with Gasteiger partial charge in [-0.15, -0.1) is 0 Å². The third-order valence-corrected chi connectivity index (χ3v) is 7.96.